The van der Waals surface area contributed by atoms with Crippen molar-refractivity contribution in [2.75, 3.05) is 32.8 Å². The number of imidazole rings is 1. The van der Waals surface area contributed by atoms with E-state index in [4.69, 9.17) is 16.7 Å². The van der Waals surface area contributed by atoms with E-state index in [1.165, 1.54) is 12.8 Å². The molecule has 3 aliphatic rings. The summed E-state index contributed by atoms with van der Waals surface area (Å²) in [6.07, 6.45) is 21.9. The van der Waals surface area contributed by atoms with Crippen LogP contribution in [0.2, 0.25) is 5.02 Å². The van der Waals surface area contributed by atoms with Crippen LogP contribution in [0.3, 0.4) is 0 Å². The minimum atomic E-state index is -0.0926. The fraction of sp³-hybridized carbons (Fsp3) is 0.400. The molecule has 200 valence electrons. The van der Waals surface area contributed by atoms with Crippen LogP contribution in [0, 0.1) is 6.92 Å². The Morgan fingerprint density at radius 3 is 2.71 bits per heavy atom. The van der Waals surface area contributed by atoms with Gasteiger partial charge in [0.2, 0.25) is 0 Å². The Kier molecular flexibility index (Phi) is 8.17. The summed E-state index contributed by atoms with van der Waals surface area (Å²) < 4.78 is 1.91. The maximum absolute atomic E-state index is 13.5. The average molecular weight is 534 g/mol. The van der Waals surface area contributed by atoms with E-state index >= 15 is 0 Å². The summed E-state index contributed by atoms with van der Waals surface area (Å²) in [5, 5.41) is 9.52. The van der Waals surface area contributed by atoms with Crippen molar-refractivity contribution >= 4 is 28.7 Å². The van der Waals surface area contributed by atoms with E-state index in [-0.39, 0.29) is 12.5 Å². The first-order valence-electron chi connectivity index (χ1n) is 13.5. The van der Waals surface area contributed by atoms with E-state index in [1.807, 2.05) is 60.3 Å². The van der Waals surface area contributed by atoms with Gasteiger partial charge in [-0.3, -0.25) is 14.6 Å². The standard InChI is InChI=1S/C30H36ClN5O2/c1-22-18-35-20-25(16-28(31)30(35)32-22)24-8-7-9-26-10-11-27(21-36(26)29(38)17-24)34-14-13-33(23(2)19-34)12-5-3-4-6-15-37/h7-11,16-18,20-21,23,37H,3-6,12-15,19H2,1-2H3/b8-7?,24-17?,26-9+/t23-/m0/s1. The maximum atomic E-state index is 13.5. The first-order chi connectivity index (χ1) is 18.4. The number of aromatic nitrogens is 2. The highest BCUT2D eigenvalue weighted by Gasteiger charge is 2.27. The molecule has 2 aromatic heterocycles. The van der Waals surface area contributed by atoms with Gasteiger partial charge in [0.15, 0.2) is 5.65 Å². The molecule has 5 rings (SSSR count). The molecule has 1 amide bonds. The lowest BCUT2D eigenvalue weighted by Crippen LogP contribution is -2.51. The highest BCUT2D eigenvalue weighted by atomic mass is 35.5. The number of nitrogens with zero attached hydrogens (tertiary/aromatic N) is 5. The summed E-state index contributed by atoms with van der Waals surface area (Å²) in [6, 6.07) is 2.31. The van der Waals surface area contributed by atoms with E-state index < -0.39 is 0 Å². The molecule has 8 heteroatoms. The minimum Gasteiger partial charge on any atom is -0.396 e. The van der Waals surface area contributed by atoms with Crippen molar-refractivity contribution in [1.82, 2.24) is 24.1 Å². The molecule has 0 bridgehead atoms. The van der Waals surface area contributed by atoms with Gasteiger partial charge in [0.05, 0.1) is 16.4 Å². The third-order valence-electron chi connectivity index (χ3n) is 7.47. The van der Waals surface area contributed by atoms with E-state index in [0.29, 0.717) is 16.7 Å². The van der Waals surface area contributed by atoms with Gasteiger partial charge in [0.25, 0.3) is 5.91 Å². The Balaban J connectivity index is 1.30. The van der Waals surface area contributed by atoms with Crippen molar-refractivity contribution in [2.24, 2.45) is 0 Å². The summed E-state index contributed by atoms with van der Waals surface area (Å²) in [6.45, 7) is 8.47. The molecule has 1 saturated heterocycles. The van der Waals surface area contributed by atoms with Gasteiger partial charge in [-0.25, -0.2) is 4.98 Å². The first-order valence-corrected chi connectivity index (χ1v) is 13.9. The maximum Gasteiger partial charge on any atom is 0.255 e. The number of hydrogen-bond donors (Lipinski definition) is 1. The molecule has 0 aromatic carbocycles. The number of carbonyl (C=O) groups excluding carboxylic acids is 1. The lowest BCUT2D eigenvalue weighted by atomic mass is 10.0. The summed E-state index contributed by atoms with van der Waals surface area (Å²) in [7, 11) is 0. The van der Waals surface area contributed by atoms with Gasteiger partial charge in [-0.1, -0.05) is 36.6 Å². The number of pyridine rings is 1. The second-order valence-corrected chi connectivity index (χ2v) is 10.7. The molecule has 0 aliphatic carbocycles. The fourth-order valence-electron chi connectivity index (χ4n) is 5.37. The number of piperazine rings is 1. The van der Waals surface area contributed by atoms with E-state index in [0.717, 1.165) is 67.2 Å². The van der Waals surface area contributed by atoms with Crippen molar-refractivity contribution < 1.29 is 9.90 Å². The molecule has 2 aromatic rings. The molecule has 3 aliphatic heterocycles. The zero-order chi connectivity index (χ0) is 26.6. The topological polar surface area (TPSA) is 64.3 Å². The molecular formula is C30H36ClN5O2. The average Bonchev–Trinajstić information content (AvgIpc) is 3.28. The molecule has 7 nitrogen and oxygen atoms in total. The molecule has 0 saturated carbocycles. The monoisotopic (exact) mass is 533 g/mol. The predicted molar refractivity (Wildman–Crippen MR) is 152 cm³/mol. The minimum absolute atomic E-state index is 0.0926. The largest absolute Gasteiger partial charge is 0.396 e. The number of amides is 1. The number of hydrogen-bond acceptors (Lipinski definition) is 5. The van der Waals surface area contributed by atoms with Crippen LogP contribution in [0.25, 0.3) is 11.2 Å². The van der Waals surface area contributed by atoms with Crippen molar-refractivity contribution in [2.45, 2.75) is 45.6 Å². The molecule has 1 fully saturated rings. The van der Waals surface area contributed by atoms with Gasteiger partial charge >= 0.3 is 0 Å². The van der Waals surface area contributed by atoms with Crippen LogP contribution in [0.5, 0.6) is 0 Å². The number of allylic oxidation sites excluding steroid dienone is 6. The van der Waals surface area contributed by atoms with Crippen LogP contribution in [0.1, 0.15) is 43.9 Å². The Morgan fingerprint density at radius 2 is 1.89 bits per heavy atom. The van der Waals surface area contributed by atoms with Crippen LogP contribution < -0.4 is 0 Å². The third-order valence-corrected chi connectivity index (χ3v) is 7.75. The van der Waals surface area contributed by atoms with Gasteiger partial charge in [-0.15, -0.1) is 0 Å². The number of aliphatic hydroxyl groups is 1. The molecule has 0 spiro atoms. The third kappa shape index (κ3) is 5.80. The zero-order valence-corrected chi connectivity index (χ0v) is 22.9. The molecule has 0 unspecified atom stereocenters. The van der Waals surface area contributed by atoms with Gasteiger partial charge in [-0.2, -0.15) is 0 Å². The van der Waals surface area contributed by atoms with E-state index in [9.17, 15) is 4.79 Å². The molecule has 1 atom stereocenters. The molecule has 0 radical (unpaired) electrons. The number of fused-ring (bicyclic) bond motifs is 2. The molecule has 38 heavy (non-hydrogen) atoms. The molecule has 5 heterocycles. The SMILES string of the molecule is Cc1cn2cc(C3=CC(=O)N4C=C(N5CCN(CCCCCCO)[C@@H](C)C5)C=C/C4=C\C=C3)cc(Cl)c2n1. The van der Waals surface area contributed by atoms with Gasteiger partial charge < -0.3 is 14.4 Å². The van der Waals surface area contributed by atoms with Crippen LogP contribution in [0.4, 0.5) is 0 Å². The second-order valence-electron chi connectivity index (χ2n) is 10.3. The van der Waals surface area contributed by atoms with Crippen molar-refractivity contribution in [3.8, 4) is 0 Å². The van der Waals surface area contributed by atoms with Gasteiger partial charge in [-0.05, 0) is 63.1 Å². The van der Waals surface area contributed by atoms with Gasteiger partial charge in [0, 0.05) is 68.2 Å². The number of aliphatic hydroxyl groups excluding tert-OH is 1. The Bertz CT molecular complexity index is 1350. The zero-order valence-electron chi connectivity index (χ0n) is 22.2. The first kappa shape index (κ1) is 26.5. The number of aryl methyl sites for hydroxylation is 1. The number of carbonyl (C=O) groups is 1. The van der Waals surface area contributed by atoms with Crippen LogP contribution >= 0.6 is 11.6 Å². The number of halogens is 1. The van der Waals surface area contributed by atoms with E-state index in [2.05, 4.69) is 27.8 Å². The van der Waals surface area contributed by atoms with Crippen molar-refractivity contribution in [3.63, 3.8) is 0 Å². The van der Waals surface area contributed by atoms with E-state index in [1.54, 1.807) is 11.0 Å². The normalized spacial score (nSPS) is 21.6. The Hall–Kier alpha value is -3.13. The summed E-state index contributed by atoms with van der Waals surface area (Å²) >= 11 is 6.51. The van der Waals surface area contributed by atoms with Crippen molar-refractivity contribution in [1.29, 1.82) is 0 Å². The van der Waals surface area contributed by atoms with Crippen LogP contribution in [0.15, 0.2) is 72.5 Å². The highest BCUT2D eigenvalue weighted by Crippen LogP contribution is 2.28. The predicted octanol–water partition coefficient (Wildman–Crippen LogP) is 4.93. The fourth-order valence-corrected chi connectivity index (χ4v) is 5.63. The number of rotatable bonds is 8. The summed E-state index contributed by atoms with van der Waals surface area (Å²) in [4.78, 5) is 24.6. The van der Waals surface area contributed by atoms with Gasteiger partial charge in [0.1, 0.15) is 0 Å². The van der Waals surface area contributed by atoms with Crippen molar-refractivity contribution in [3.05, 3.63) is 88.8 Å². The summed E-state index contributed by atoms with van der Waals surface area (Å²) in [5.41, 5.74) is 5.16. The summed E-state index contributed by atoms with van der Waals surface area (Å²) in [5.74, 6) is -0.0926. The number of unbranched alkanes of at least 4 members (excludes halogenated alkanes) is 3. The highest BCUT2D eigenvalue weighted by molar-refractivity contribution is 6.33. The lowest BCUT2D eigenvalue weighted by molar-refractivity contribution is -0.122. The molecular weight excluding hydrogens is 498 g/mol. The quantitative estimate of drug-likeness (QED) is 0.487. The van der Waals surface area contributed by atoms with Crippen LogP contribution in [-0.4, -0.2) is 73.9 Å². The lowest BCUT2D eigenvalue weighted by Gasteiger charge is -2.42. The van der Waals surface area contributed by atoms with Crippen LogP contribution in [-0.2, 0) is 4.79 Å². The Morgan fingerprint density at radius 1 is 1.08 bits per heavy atom. The smallest absolute Gasteiger partial charge is 0.255 e. The molecule has 1 N–H and O–H groups in total. The Labute approximate surface area is 229 Å². The second kappa shape index (κ2) is 11.7.